The van der Waals surface area contributed by atoms with Crippen LogP contribution in [0, 0.1) is 6.92 Å². The second kappa shape index (κ2) is 4.26. The van der Waals surface area contributed by atoms with Crippen molar-refractivity contribution in [3.8, 4) is 0 Å². The van der Waals surface area contributed by atoms with E-state index in [-0.39, 0.29) is 0 Å². The van der Waals surface area contributed by atoms with Gasteiger partial charge < -0.3 is 5.32 Å². The van der Waals surface area contributed by atoms with Crippen LogP contribution in [0.5, 0.6) is 0 Å². The topological polar surface area (TPSA) is 37.8 Å². The molecule has 3 nitrogen and oxygen atoms in total. The predicted molar refractivity (Wildman–Crippen MR) is 50.6 cm³/mol. The molecule has 1 aromatic rings. The highest BCUT2D eigenvalue weighted by molar-refractivity contribution is 6.28. The SMILES string of the molecule is CCCNc1cc(C)nc(Cl)n1. The van der Waals surface area contributed by atoms with Crippen LogP contribution in [0.2, 0.25) is 5.28 Å². The van der Waals surface area contributed by atoms with Gasteiger partial charge >= 0.3 is 0 Å². The number of anilines is 1. The molecule has 0 amide bonds. The van der Waals surface area contributed by atoms with Gasteiger partial charge in [-0.1, -0.05) is 6.92 Å². The number of hydrogen-bond donors (Lipinski definition) is 1. The number of aryl methyl sites for hydroxylation is 1. The van der Waals surface area contributed by atoms with E-state index in [2.05, 4.69) is 22.2 Å². The third kappa shape index (κ3) is 2.66. The molecule has 12 heavy (non-hydrogen) atoms. The van der Waals surface area contributed by atoms with Crippen molar-refractivity contribution in [2.45, 2.75) is 20.3 Å². The van der Waals surface area contributed by atoms with Gasteiger partial charge in [-0.25, -0.2) is 9.97 Å². The van der Waals surface area contributed by atoms with E-state index in [1.807, 2.05) is 13.0 Å². The fourth-order valence-corrected chi connectivity index (χ4v) is 1.10. The Morgan fingerprint density at radius 3 is 2.83 bits per heavy atom. The van der Waals surface area contributed by atoms with E-state index in [1.165, 1.54) is 0 Å². The fourth-order valence-electron chi connectivity index (χ4n) is 0.876. The lowest BCUT2D eigenvalue weighted by Crippen LogP contribution is -2.03. The van der Waals surface area contributed by atoms with Crippen molar-refractivity contribution in [2.75, 3.05) is 11.9 Å². The van der Waals surface area contributed by atoms with Crippen molar-refractivity contribution in [1.29, 1.82) is 0 Å². The molecule has 0 radical (unpaired) electrons. The summed E-state index contributed by atoms with van der Waals surface area (Å²) in [5, 5.41) is 3.44. The Morgan fingerprint density at radius 2 is 2.25 bits per heavy atom. The van der Waals surface area contributed by atoms with Crippen molar-refractivity contribution in [3.05, 3.63) is 17.0 Å². The van der Waals surface area contributed by atoms with Crippen LogP contribution in [-0.4, -0.2) is 16.5 Å². The Balaban J connectivity index is 2.72. The number of halogens is 1. The second-order valence-electron chi connectivity index (χ2n) is 2.59. The molecule has 0 unspecified atom stereocenters. The van der Waals surface area contributed by atoms with Crippen LogP contribution in [0.3, 0.4) is 0 Å². The van der Waals surface area contributed by atoms with Gasteiger partial charge in [0, 0.05) is 18.3 Å². The van der Waals surface area contributed by atoms with Gasteiger partial charge in [0.25, 0.3) is 0 Å². The Labute approximate surface area is 77.2 Å². The maximum absolute atomic E-state index is 5.67. The average molecular weight is 186 g/mol. The summed E-state index contributed by atoms with van der Waals surface area (Å²) >= 11 is 5.67. The van der Waals surface area contributed by atoms with Crippen molar-refractivity contribution < 1.29 is 0 Å². The largest absolute Gasteiger partial charge is 0.370 e. The minimum Gasteiger partial charge on any atom is -0.370 e. The van der Waals surface area contributed by atoms with Crippen molar-refractivity contribution in [1.82, 2.24) is 9.97 Å². The molecule has 1 heterocycles. The molecular formula is C8H12ClN3. The lowest BCUT2D eigenvalue weighted by molar-refractivity contribution is 0.961. The molecule has 0 bridgehead atoms. The molecule has 4 heteroatoms. The van der Waals surface area contributed by atoms with Gasteiger partial charge in [-0.2, -0.15) is 0 Å². The minimum atomic E-state index is 0.300. The van der Waals surface area contributed by atoms with E-state index >= 15 is 0 Å². The molecule has 1 rings (SSSR count). The maximum Gasteiger partial charge on any atom is 0.224 e. The summed E-state index contributed by atoms with van der Waals surface area (Å²) in [5.41, 5.74) is 0.883. The molecule has 1 aromatic heterocycles. The molecule has 0 fully saturated rings. The van der Waals surface area contributed by atoms with E-state index in [4.69, 9.17) is 11.6 Å². The lowest BCUT2D eigenvalue weighted by Gasteiger charge is -2.03. The zero-order valence-electron chi connectivity index (χ0n) is 7.26. The quantitative estimate of drug-likeness (QED) is 0.735. The fraction of sp³-hybridized carbons (Fsp3) is 0.500. The first-order valence-corrected chi connectivity index (χ1v) is 4.35. The van der Waals surface area contributed by atoms with Gasteiger partial charge in [0.15, 0.2) is 0 Å². The molecule has 0 aliphatic carbocycles. The van der Waals surface area contributed by atoms with Crippen molar-refractivity contribution in [2.24, 2.45) is 0 Å². The van der Waals surface area contributed by atoms with E-state index in [0.29, 0.717) is 5.28 Å². The molecule has 1 N–H and O–H groups in total. The Morgan fingerprint density at radius 1 is 1.50 bits per heavy atom. The monoisotopic (exact) mass is 185 g/mol. The van der Waals surface area contributed by atoms with Gasteiger partial charge in [0.1, 0.15) is 5.82 Å². The second-order valence-corrected chi connectivity index (χ2v) is 2.93. The molecule has 0 saturated heterocycles. The summed E-state index contributed by atoms with van der Waals surface area (Å²) in [4.78, 5) is 7.97. The summed E-state index contributed by atoms with van der Waals surface area (Å²) in [7, 11) is 0. The molecular weight excluding hydrogens is 174 g/mol. The number of aromatic nitrogens is 2. The Bertz CT molecular complexity index is 242. The van der Waals surface area contributed by atoms with Crippen molar-refractivity contribution in [3.63, 3.8) is 0 Å². The smallest absolute Gasteiger partial charge is 0.224 e. The molecule has 0 aliphatic heterocycles. The third-order valence-corrected chi connectivity index (χ3v) is 1.55. The highest BCUT2D eigenvalue weighted by Gasteiger charge is 1.97. The Kier molecular flexibility index (Phi) is 3.29. The average Bonchev–Trinajstić information content (AvgIpc) is 1.99. The third-order valence-electron chi connectivity index (χ3n) is 1.38. The minimum absolute atomic E-state index is 0.300. The normalized spacial score (nSPS) is 9.92. The van der Waals surface area contributed by atoms with Gasteiger partial charge in [-0.3, -0.25) is 0 Å². The van der Waals surface area contributed by atoms with Gasteiger partial charge in [0.2, 0.25) is 5.28 Å². The number of hydrogen-bond acceptors (Lipinski definition) is 3. The predicted octanol–water partition coefficient (Wildman–Crippen LogP) is 2.26. The highest BCUT2D eigenvalue weighted by atomic mass is 35.5. The summed E-state index contributed by atoms with van der Waals surface area (Å²) < 4.78 is 0. The van der Waals surface area contributed by atoms with Crippen molar-refractivity contribution >= 4 is 17.4 Å². The zero-order valence-corrected chi connectivity index (χ0v) is 8.02. The summed E-state index contributed by atoms with van der Waals surface area (Å²) in [6, 6.07) is 1.88. The number of rotatable bonds is 3. The Hall–Kier alpha value is -0.830. The molecule has 0 aromatic carbocycles. The van der Waals surface area contributed by atoms with Gasteiger partial charge in [-0.05, 0) is 24.9 Å². The molecule has 0 saturated carbocycles. The van der Waals surface area contributed by atoms with Crippen LogP contribution >= 0.6 is 11.6 Å². The van der Waals surface area contributed by atoms with Crippen LogP contribution in [0.1, 0.15) is 19.0 Å². The van der Waals surface area contributed by atoms with Crippen LogP contribution in [-0.2, 0) is 0 Å². The molecule has 0 spiro atoms. The molecule has 0 atom stereocenters. The first kappa shape index (κ1) is 9.26. The van der Waals surface area contributed by atoms with Gasteiger partial charge in [-0.15, -0.1) is 0 Å². The van der Waals surface area contributed by atoms with Crippen LogP contribution in [0.4, 0.5) is 5.82 Å². The summed E-state index contributed by atoms with van der Waals surface area (Å²) in [6.07, 6.45) is 1.07. The number of nitrogens with zero attached hydrogens (tertiary/aromatic N) is 2. The van der Waals surface area contributed by atoms with E-state index in [1.54, 1.807) is 0 Å². The molecule has 66 valence electrons. The highest BCUT2D eigenvalue weighted by Crippen LogP contribution is 2.09. The maximum atomic E-state index is 5.67. The first-order valence-electron chi connectivity index (χ1n) is 3.97. The van der Waals surface area contributed by atoms with E-state index in [0.717, 1.165) is 24.5 Å². The standard InChI is InChI=1S/C8H12ClN3/c1-3-4-10-7-5-6(2)11-8(9)12-7/h5H,3-4H2,1-2H3,(H,10,11,12). The van der Waals surface area contributed by atoms with E-state index in [9.17, 15) is 0 Å². The summed E-state index contributed by atoms with van der Waals surface area (Å²) in [6.45, 7) is 4.90. The summed E-state index contributed by atoms with van der Waals surface area (Å²) in [5.74, 6) is 0.800. The van der Waals surface area contributed by atoms with Gasteiger partial charge in [0.05, 0.1) is 0 Å². The number of nitrogens with one attached hydrogen (secondary N) is 1. The van der Waals surface area contributed by atoms with E-state index < -0.39 is 0 Å². The molecule has 0 aliphatic rings. The van der Waals surface area contributed by atoms with Crippen LogP contribution in [0.15, 0.2) is 6.07 Å². The van der Waals surface area contributed by atoms with Crippen LogP contribution in [0.25, 0.3) is 0 Å². The lowest BCUT2D eigenvalue weighted by atomic mass is 10.4. The first-order chi connectivity index (χ1) is 5.72. The van der Waals surface area contributed by atoms with Crippen LogP contribution < -0.4 is 5.32 Å². The zero-order chi connectivity index (χ0) is 8.97.